The van der Waals surface area contributed by atoms with E-state index in [4.69, 9.17) is 4.74 Å². The van der Waals surface area contributed by atoms with Crippen LogP contribution in [0.2, 0.25) is 0 Å². The number of ether oxygens (including phenoxy) is 1. The predicted octanol–water partition coefficient (Wildman–Crippen LogP) is 3.33. The first kappa shape index (κ1) is 17.7. The average molecular weight is 349 g/mol. The molecule has 0 spiro atoms. The topological polar surface area (TPSA) is 67.0 Å². The minimum absolute atomic E-state index is 0.106. The molecule has 0 aliphatic heterocycles. The summed E-state index contributed by atoms with van der Waals surface area (Å²) in [5.74, 6) is 1.37. The summed E-state index contributed by atoms with van der Waals surface area (Å²) in [7, 11) is 1.67. The number of para-hydroxylation sites is 1. The van der Waals surface area contributed by atoms with Crippen LogP contribution in [-0.2, 0) is 12.8 Å². The Bertz CT molecular complexity index is 920. The van der Waals surface area contributed by atoms with Gasteiger partial charge in [-0.05, 0) is 30.5 Å². The van der Waals surface area contributed by atoms with E-state index in [9.17, 15) is 4.79 Å². The molecule has 0 atom stereocenters. The molecule has 0 saturated heterocycles. The predicted molar refractivity (Wildman–Crippen MR) is 104 cm³/mol. The summed E-state index contributed by atoms with van der Waals surface area (Å²) in [5, 5.41) is 3.22. The van der Waals surface area contributed by atoms with E-state index in [0.29, 0.717) is 24.5 Å². The van der Waals surface area contributed by atoms with E-state index in [2.05, 4.69) is 15.3 Å². The van der Waals surface area contributed by atoms with Gasteiger partial charge in [0.05, 0.1) is 12.8 Å². The molecular weight excluding hydrogens is 326 g/mol. The zero-order chi connectivity index (χ0) is 18.4. The van der Waals surface area contributed by atoms with Crippen molar-refractivity contribution in [2.75, 3.05) is 19.0 Å². The molecule has 3 aromatic rings. The lowest BCUT2D eigenvalue weighted by Crippen LogP contribution is -2.19. The van der Waals surface area contributed by atoms with Crippen LogP contribution in [0.3, 0.4) is 0 Å². The Morgan fingerprint density at radius 2 is 1.81 bits per heavy atom. The molecule has 5 nitrogen and oxygen atoms in total. The lowest BCUT2D eigenvalue weighted by Gasteiger charge is -2.11. The third-order valence-corrected chi connectivity index (χ3v) is 4.35. The maximum absolute atomic E-state index is 12.2. The van der Waals surface area contributed by atoms with Crippen molar-refractivity contribution in [3.63, 3.8) is 0 Å². The minimum Gasteiger partial charge on any atom is -0.496 e. The zero-order valence-corrected chi connectivity index (χ0v) is 15.1. The van der Waals surface area contributed by atoms with Crippen LogP contribution < -0.4 is 15.6 Å². The number of benzene rings is 2. The Morgan fingerprint density at radius 3 is 2.58 bits per heavy atom. The molecule has 5 heteroatoms. The fourth-order valence-corrected chi connectivity index (χ4v) is 2.85. The first-order valence-corrected chi connectivity index (χ1v) is 8.67. The number of methoxy groups -OCH3 is 1. The fourth-order valence-electron chi connectivity index (χ4n) is 2.85. The molecule has 0 amide bonds. The van der Waals surface area contributed by atoms with E-state index in [1.807, 2.05) is 61.5 Å². The molecule has 3 rings (SSSR count). The number of aromatic nitrogens is 2. The zero-order valence-electron chi connectivity index (χ0n) is 15.1. The quantitative estimate of drug-likeness (QED) is 0.687. The number of anilines is 1. The molecule has 2 N–H and O–H groups in total. The van der Waals surface area contributed by atoms with Crippen LogP contribution in [-0.4, -0.2) is 23.6 Å². The lowest BCUT2D eigenvalue weighted by molar-refractivity contribution is 0.410. The van der Waals surface area contributed by atoms with Crippen molar-refractivity contribution in [3.8, 4) is 5.75 Å². The summed E-state index contributed by atoms with van der Waals surface area (Å²) in [5.41, 5.74) is 3.59. The molecule has 0 bridgehead atoms. The second-order valence-electron chi connectivity index (χ2n) is 6.14. The van der Waals surface area contributed by atoms with Gasteiger partial charge >= 0.3 is 0 Å². The average Bonchev–Trinajstić information content (AvgIpc) is 2.67. The highest BCUT2D eigenvalue weighted by Gasteiger charge is 2.09. The Hall–Kier alpha value is -3.08. The second-order valence-corrected chi connectivity index (χ2v) is 6.14. The first-order chi connectivity index (χ1) is 12.7. The molecular formula is C21H23N3O2. The van der Waals surface area contributed by atoms with Crippen LogP contribution in [0.5, 0.6) is 5.75 Å². The summed E-state index contributed by atoms with van der Waals surface area (Å²) in [6.45, 7) is 2.46. The van der Waals surface area contributed by atoms with Crippen molar-refractivity contribution in [2.45, 2.75) is 19.8 Å². The molecule has 26 heavy (non-hydrogen) atoms. The van der Waals surface area contributed by atoms with E-state index < -0.39 is 0 Å². The highest BCUT2D eigenvalue weighted by Crippen LogP contribution is 2.17. The van der Waals surface area contributed by atoms with Gasteiger partial charge in [-0.1, -0.05) is 48.5 Å². The Morgan fingerprint density at radius 1 is 1.08 bits per heavy atom. The molecule has 0 aliphatic carbocycles. The summed E-state index contributed by atoms with van der Waals surface area (Å²) < 4.78 is 5.37. The van der Waals surface area contributed by atoms with Gasteiger partial charge in [0.15, 0.2) is 0 Å². The van der Waals surface area contributed by atoms with Crippen molar-refractivity contribution in [1.29, 1.82) is 0 Å². The molecule has 2 aromatic carbocycles. The normalized spacial score (nSPS) is 10.5. The number of aromatic amines is 1. The number of hydrogen-bond donors (Lipinski definition) is 2. The van der Waals surface area contributed by atoms with Gasteiger partial charge in [-0.2, -0.15) is 0 Å². The third kappa shape index (κ3) is 4.30. The van der Waals surface area contributed by atoms with Gasteiger partial charge in [0.2, 0.25) is 5.95 Å². The van der Waals surface area contributed by atoms with E-state index >= 15 is 0 Å². The highest BCUT2D eigenvalue weighted by molar-refractivity contribution is 5.36. The SMILES string of the molecule is COc1ccccc1CCNc1nc(Cc2ccccc2)c(C)c(=O)[nH]1. The van der Waals surface area contributed by atoms with Crippen LogP contribution in [0, 0.1) is 6.92 Å². The van der Waals surface area contributed by atoms with Gasteiger partial charge < -0.3 is 10.1 Å². The summed E-state index contributed by atoms with van der Waals surface area (Å²) in [6, 6.07) is 18.0. The minimum atomic E-state index is -0.106. The fraction of sp³-hybridized carbons (Fsp3) is 0.238. The standard InChI is InChI=1S/C21H23N3O2/c1-15-18(14-16-8-4-3-5-9-16)23-21(24-20(15)25)22-13-12-17-10-6-7-11-19(17)26-2/h3-11H,12-14H2,1-2H3,(H2,22,23,24,25). The van der Waals surface area contributed by atoms with Crippen molar-refractivity contribution in [1.82, 2.24) is 9.97 Å². The Kier molecular flexibility index (Phi) is 5.69. The van der Waals surface area contributed by atoms with E-state index in [0.717, 1.165) is 29.0 Å². The number of nitrogens with zero attached hydrogens (tertiary/aromatic N) is 1. The molecule has 0 saturated carbocycles. The summed E-state index contributed by atoms with van der Waals surface area (Å²) in [4.78, 5) is 19.6. The number of nitrogens with one attached hydrogen (secondary N) is 2. The maximum Gasteiger partial charge on any atom is 0.255 e. The van der Waals surface area contributed by atoms with Gasteiger partial charge in [-0.15, -0.1) is 0 Å². The van der Waals surface area contributed by atoms with E-state index in [1.54, 1.807) is 7.11 Å². The van der Waals surface area contributed by atoms with Crippen LogP contribution in [0.15, 0.2) is 59.4 Å². The molecule has 0 aliphatic rings. The van der Waals surface area contributed by atoms with Gasteiger partial charge in [-0.3, -0.25) is 9.78 Å². The van der Waals surface area contributed by atoms with Gasteiger partial charge in [0.25, 0.3) is 5.56 Å². The van der Waals surface area contributed by atoms with Gasteiger partial charge in [0.1, 0.15) is 5.75 Å². The lowest BCUT2D eigenvalue weighted by atomic mass is 10.1. The smallest absolute Gasteiger partial charge is 0.255 e. The van der Waals surface area contributed by atoms with Crippen molar-refractivity contribution in [3.05, 3.63) is 87.3 Å². The van der Waals surface area contributed by atoms with Gasteiger partial charge in [0, 0.05) is 18.5 Å². The van der Waals surface area contributed by atoms with Gasteiger partial charge in [-0.25, -0.2) is 4.98 Å². The Balaban J connectivity index is 1.71. The first-order valence-electron chi connectivity index (χ1n) is 8.67. The monoisotopic (exact) mass is 349 g/mol. The summed E-state index contributed by atoms with van der Waals surface area (Å²) >= 11 is 0. The largest absolute Gasteiger partial charge is 0.496 e. The highest BCUT2D eigenvalue weighted by atomic mass is 16.5. The van der Waals surface area contributed by atoms with E-state index in [1.165, 1.54) is 0 Å². The molecule has 0 radical (unpaired) electrons. The molecule has 0 fully saturated rings. The third-order valence-electron chi connectivity index (χ3n) is 4.35. The Labute approximate surface area is 153 Å². The number of H-pyrrole nitrogens is 1. The van der Waals surface area contributed by atoms with Crippen molar-refractivity contribution < 1.29 is 4.74 Å². The second kappa shape index (κ2) is 8.34. The molecule has 1 aromatic heterocycles. The van der Waals surface area contributed by atoms with E-state index in [-0.39, 0.29) is 5.56 Å². The van der Waals surface area contributed by atoms with Crippen LogP contribution in [0.1, 0.15) is 22.4 Å². The summed E-state index contributed by atoms with van der Waals surface area (Å²) in [6.07, 6.45) is 1.41. The molecule has 1 heterocycles. The molecule has 134 valence electrons. The van der Waals surface area contributed by atoms with Crippen LogP contribution >= 0.6 is 0 Å². The number of hydrogen-bond acceptors (Lipinski definition) is 4. The maximum atomic E-state index is 12.2. The van der Waals surface area contributed by atoms with Crippen LogP contribution in [0.4, 0.5) is 5.95 Å². The number of rotatable bonds is 7. The van der Waals surface area contributed by atoms with Crippen molar-refractivity contribution in [2.24, 2.45) is 0 Å². The van der Waals surface area contributed by atoms with Crippen LogP contribution in [0.25, 0.3) is 0 Å². The molecule has 0 unspecified atom stereocenters. The van der Waals surface area contributed by atoms with Crippen molar-refractivity contribution >= 4 is 5.95 Å².